The molecule has 0 amide bonds. The Kier molecular flexibility index (Phi) is 4.09. The molecular weight excluding hydrogens is 260 g/mol. The van der Waals surface area contributed by atoms with Gasteiger partial charge in [0, 0.05) is 24.8 Å². The summed E-state index contributed by atoms with van der Waals surface area (Å²) in [7, 11) is 0. The standard InChI is InChI=1S/C18H22N2O/c1-2-11-20-13-17(9-10-18(20)21)19-16-8-7-14-5-3-4-6-15(14)12-16/h3-6,9-10,13,16,19H,2,7-8,11-12H2,1H3. The number of pyridine rings is 1. The minimum atomic E-state index is 0.0800. The molecule has 21 heavy (non-hydrogen) atoms. The molecule has 0 spiro atoms. The maximum atomic E-state index is 11.8. The largest absolute Gasteiger partial charge is 0.381 e. The Morgan fingerprint density at radius 3 is 2.81 bits per heavy atom. The van der Waals surface area contributed by atoms with Crippen LogP contribution in [0.2, 0.25) is 0 Å². The van der Waals surface area contributed by atoms with E-state index in [0.717, 1.165) is 37.9 Å². The summed E-state index contributed by atoms with van der Waals surface area (Å²) in [5.74, 6) is 0. The van der Waals surface area contributed by atoms with E-state index in [4.69, 9.17) is 0 Å². The summed E-state index contributed by atoms with van der Waals surface area (Å²) in [5.41, 5.74) is 4.05. The lowest BCUT2D eigenvalue weighted by Gasteiger charge is -2.26. The Balaban J connectivity index is 1.73. The number of hydrogen-bond acceptors (Lipinski definition) is 2. The average Bonchev–Trinajstić information content (AvgIpc) is 2.51. The first-order chi connectivity index (χ1) is 10.3. The second-order valence-electron chi connectivity index (χ2n) is 5.80. The molecule has 1 aliphatic carbocycles. The molecule has 2 aromatic rings. The van der Waals surface area contributed by atoms with Gasteiger partial charge in [-0.25, -0.2) is 0 Å². The first kappa shape index (κ1) is 13.9. The highest BCUT2D eigenvalue weighted by Crippen LogP contribution is 2.23. The molecule has 3 rings (SSSR count). The number of fused-ring (bicyclic) bond motifs is 1. The number of anilines is 1. The fourth-order valence-electron chi connectivity index (χ4n) is 3.09. The first-order valence-corrected chi connectivity index (χ1v) is 7.80. The van der Waals surface area contributed by atoms with Crippen molar-refractivity contribution in [1.29, 1.82) is 0 Å². The van der Waals surface area contributed by atoms with Gasteiger partial charge in [-0.15, -0.1) is 0 Å². The van der Waals surface area contributed by atoms with Crippen molar-refractivity contribution in [2.75, 3.05) is 5.32 Å². The third kappa shape index (κ3) is 3.18. The molecule has 1 aromatic heterocycles. The molecule has 3 heteroatoms. The molecule has 0 saturated carbocycles. The van der Waals surface area contributed by atoms with E-state index in [9.17, 15) is 4.79 Å². The lowest BCUT2D eigenvalue weighted by Crippen LogP contribution is -2.28. The van der Waals surface area contributed by atoms with Crippen molar-refractivity contribution in [2.45, 2.75) is 45.2 Å². The zero-order valence-electron chi connectivity index (χ0n) is 12.5. The summed E-state index contributed by atoms with van der Waals surface area (Å²) in [4.78, 5) is 11.8. The summed E-state index contributed by atoms with van der Waals surface area (Å²) in [5, 5.41) is 3.59. The first-order valence-electron chi connectivity index (χ1n) is 7.80. The van der Waals surface area contributed by atoms with Gasteiger partial charge in [0.05, 0.1) is 5.69 Å². The zero-order chi connectivity index (χ0) is 14.7. The number of rotatable bonds is 4. The van der Waals surface area contributed by atoms with Gasteiger partial charge in [-0.2, -0.15) is 0 Å². The van der Waals surface area contributed by atoms with Gasteiger partial charge in [0.2, 0.25) is 0 Å². The van der Waals surface area contributed by atoms with Gasteiger partial charge >= 0.3 is 0 Å². The number of aromatic nitrogens is 1. The summed E-state index contributed by atoms with van der Waals surface area (Å²) in [6.45, 7) is 2.87. The van der Waals surface area contributed by atoms with Gasteiger partial charge < -0.3 is 9.88 Å². The maximum absolute atomic E-state index is 11.8. The summed E-state index contributed by atoms with van der Waals surface area (Å²) in [6.07, 6.45) is 6.25. The molecule has 1 heterocycles. The molecule has 0 fully saturated rings. The van der Waals surface area contributed by atoms with Crippen LogP contribution in [0.1, 0.15) is 30.9 Å². The number of hydrogen-bond donors (Lipinski definition) is 1. The molecule has 1 N–H and O–H groups in total. The highest BCUT2D eigenvalue weighted by atomic mass is 16.1. The predicted octanol–water partition coefficient (Wildman–Crippen LogP) is 3.23. The van der Waals surface area contributed by atoms with Crippen LogP contribution in [0.25, 0.3) is 0 Å². The highest BCUT2D eigenvalue weighted by molar-refractivity contribution is 5.43. The van der Waals surface area contributed by atoms with E-state index in [0.29, 0.717) is 6.04 Å². The lowest BCUT2D eigenvalue weighted by molar-refractivity contribution is 0.607. The highest BCUT2D eigenvalue weighted by Gasteiger charge is 2.18. The normalized spacial score (nSPS) is 17.3. The Morgan fingerprint density at radius 1 is 1.19 bits per heavy atom. The van der Waals surface area contributed by atoms with E-state index in [2.05, 4.69) is 36.5 Å². The minimum Gasteiger partial charge on any atom is -0.381 e. The molecule has 0 bridgehead atoms. The van der Waals surface area contributed by atoms with Crippen LogP contribution in [0.3, 0.4) is 0 Å². The van der Waals surface area contributed by atoms with Crippen LogP contribution in [0.15, 0.2) is 47.4 Å². The number of aryl methyl sites for hydroxylation is 2. The van der Waals surface area contributed by atoms with Crippen LogP contribution in [-0.2, 0) is 19.4 Å². The number of nitrogens with zero attached hydrogens (tertiary/aromatic N) is 1. The second-order valence-corrected chi connectivity index (χ2v) is 5.80. The van der Waals surface area contributed by atoms with Crippen LogP contribution in [0.5, 0.6) is 0 Å². The van der Waals surface area contributed by atoms with Gasteiger partial charge in [-0.05, 0) is 42.9 Å². The van der Waals surface area contributed by atoms with Crippen molar-refractivity contribution < 1.29 is 0 Å². The Hall–Kier alpha value is -2.03. The van der Waals surface area contributed by atoms with E-state index in [1.165, 1.54) is 11.1 Å². The van der Waals surface area contributed by atoms with Crippen LogP contribution in [0.4, 0.5) is 5.69 Å². The molecular formula is C18H22N2O. The van der Waals surface area contributed by atoms with Crippen molar-refractivity contribution in [3.63, 3.8) is 0 Å². The van der Waals surface area contributed by atoms with Gasteiger partial charge in [-0.3, -0.25) is 4.79 Å². The predicted molar refractivity (Wildman–Crippen MR) is 86.9 cm³/mol. The summed E-state index contributed by atoms with van der Waals surface area (Å²) < 4.78 is 1.79. The van der Waals surface area contributed by atoms with E-state index in [1.54, 1.807) is 10.6 Å². The van der Waals surface area contributed by atoms with Crippen LogP contribution in [-0.4, -0.2) is 10.6 Å². The maximum Gasteiger partial charge on any atom is 0.250 e. The quantitative estimate of drug-likeness (QED) is 0.934. The smallest absolute Gasteiger partial charge is 0.250 e. The fourth-order valence-corrected chi connectivity index (χ4v) is 3.09. The van der Waals surface area contributed by atoms with Crippen molar-refractivity contribution >= 4 is 5.69 Å². The number of nitrogens with one attached hydrogen (secondary N) is 1. The summed E-state index contributed by atoms with van der Waals surface area (Å²) >= 11 is 0. The van der Waals surface area contributed by atoms with E-state index < -0.39 is 0 Å². The van der Waals surface area contributed by atoms with Crippen LogP contribution in [0, 0.1) is 0 Å². The molecule has 1 atom stereocenters. The zero-order valence-corrected chi connectivity index (χ0v) is 12.5. The SMILES string of the molecule is CCCn1cc(NC2CCc3ccccc3C2)ccc1=O. The van der Waals surface area contributed by atoms with Crippen molar-refractivity contribution in [3.8, 4) is 0 Å². The Bertz CT molecular complexity index is 675. The molecule has 0 saturated heterocycles. The van der Waals surface area contributed by atoms with Gasteiger partial charge in [0.15, 0.2) is 0 Å². The van der Waals surface area contributed by atoms with Gasteiger partial charge in [-0.1, -0.05) is 31.2 Å². The van der Waals surface area contributed by atoms with E-state index >= 15 is 0 Å². The Morgan fingerprint density at radius 2 is 2.00 bits per heavy atom. The third-order valence-corrected chi connectivity index (χ3v) is 4.17. The molecule has 3 nitrogen and oxygen atoms in total. The van der Waals surface area contributed by atoms with Crippen LogP contribution >= 0.6 is 0 Å². The molecule has 110 valence electrons. The fraction of sp³-hybridized carbons (Fsp3) is 0.389. The topological polar surface area (TPSA) is 34.0 Å². The van der Waals surface area contributed by atoms with Crippen molar-refractivity contribution in [2.24, 2.45) is 0 Å². The summed E-state index contributed by atoms with van der Waals surface area (Å²) in [6, 6.07) is 12.7. The molecule has 1 aromatic carbocycles. The molecule has 0 aliphatic heterocycles. The molecule has 0 radical (unpaired) electrons. The van der Waals surface area contributed by atoms with Crippen molar-refractivity contribution in [3.05, 3.63) is 64.1 Å². The second kappa shape index (κ2) is 6.17. The number of benzene rings is 1. The third-order valence-electron chi connectivity index (χ3n) is 4.17. The molecule has 1 unspecified atom stereocenters. The van der Waals surface area contributed by atoms with Gasteiger partial charge in [0.1, 0.15) is 0 Å². The van der Waals surface area contributed by atoms with Gasteiger partial charge in [0.25, 0.3) is 5.56 Å². The lowest BCUT2D eigenvalue weighted by atomic mass is 9.88. The minimum absolute atomic E-state index is 0.0800. The molecule has 1 aliphatic rings. The Labute approximate surface area is 125 Å². The van der Waals surface area contributed by atoms with Crippen LogP contribution < -0.4 is 10.9 Å². The average molecular weight is 282 g/mol. The van der Waals surface area contributed by atoms with E-state index in [1.807, 2.05) is 12.3 Å². The van der Waals surface area contributed by atoms with Crippen molar-refractivity contribution in [1.82, 2.24) is 4.57 Å². The monoisotopic (exact) mass is 282 g/mol. The van der Waals surface area contributed by atoms with E-state index in [-0.39, 0.29) is 5.56 Å².